The highest BCUT2D eigenvalue weighted by molar-refractivity contribution is 6.34. The number of benzene rings is 2. The molecule has 8 heteroatoms. The standard InChI is InChI=1S/C17H10Cl3F3O2/c18-11-6-10(7-12(19)8-11)14(17(21,22)23)4-2-9-1-3-13(16(24)25)15(20)5-9/h1-8,14H,(H,24,25)/b4-2+. The molecule has 0 amide bonds. The fourth-order valence-electron chi connectivity index (χ4n) is 2.18. The Labute approximate surface area is 156 Å². The van der Waals surface area contributed by atoms with Crippen LogP contribution in [0.4, 0.5) is 13.2 Å². The van der Waals surface area contributed by atoms with Crippen LogP contribution >= 0.6 is 34.8 Å². The molecule has 0 saturated carbocycles. The van der Waals surface area contributed by atoms with E-state index in [2.05, 4.69) is 0 Å². The maximum atomic E-state index is 13.4. The molecule has 0 aliphatic carbocycles. The zero-order valence-corrected chi connectivity index (χ0v) is 14.6. The monoisotopic (exact) mass is 408 g/mol. The topological polar surface area (TPSA) is 37.3 Å². The Morgan fingerprint density at radius 1 is 1.04 bits per heavy atom. The molecule has 0 aliphatic heterocycles. The second kappa shape index (κ2) is 7.68. The molecule has 0 fully saturated rings. The normalized spacial score (nSPS) is 13.2. The molecule has 2 aromatic rings. The highest BCUT2D eigenvalue weighted by atomic mass is 35.5. The minimum Gasteiger partial charge on any atom is -0.478 e. The molecular weight excluding hydrogens is 400 g/mol. The summed E-state index contributed by atoms with van der Waals surface area (Å²) in [4.78, 5) is 10.9. The van der Waals surface area contributed by atoms with Crippen LogP contribution in [0.3, 0.4) is 0 Å². The molecule has 0 saturated heterocycles. The molecule has 0 radical (unpaired) electrons. The van der Waals surface area contributed by atoms with E-state index in [4.69, 9.17) is 39.9 Å². The zero-order valence-electron chi connectivity index (χ0n) is 12.3. The van der Waals surface area contributed by atoms with E-state index in [1.165, 1.54) is 42.5 Å². The Kier molecular flexibility index (Phi) is 6.03. The van der Waals surface area contributed by atoms with Crippen LogP contribution in [0, 0.1) is 0 Å². The van der Waals surface area contributed by atoms with Gasteiger partial charge in [0.2, 0.25) is 0 Å². The molecule has 1 atom stereocenters. The summed E-state index contributed by atoms with van der Waals surface area (Å²) in [6.07, 6.45) is -2.41. The van der Waals surface area contributed by atoms with E-state index in [1.807, 2.05) is 0 Å². The largest absolute Gasteiger partial charge is 0.478 e. The van der Waals surface area contributed by atoms with Gasteiger partial charge in [0.05, 0.1) is 16.5 Å². The molecule has 25 heavy (non-hydrogen) atoms. The SMILES string of the molecule is O=C(O)c1ccc(/C=C/C(c2cc(Cl)cc(Cl)c2)C(F)(F)F)cc1Cl. The first-order chi connectivity index (χ1) is 11.6. The second-order valence-corrected chi connectivity index (χ2v) is 6.41. The fourth-order valence-corrected chi connectivity index (χ4v) is 2.99. The maximum absolute atomic E-state index is 13.4. The predicted molar refractivity (Wildman–Crippen MR) is 92.7 cm³/mol. The number of rotatable bonds is 4. The van der Waals surface area contributed by atoms with Crippen molar-refractivity contribution in [1.29, 1.82) is 0 Å². The van der Waals surface area contributed by atoms with E-state index in [0.717, 1.165) is 6.08 Å². The van der Waals surface area contributed by atoms with Gasteiger partial charge in [0.1, 0.15) is 0 Å². The summed E-state index contributed by atoms with van der Waals surface area (Å²) in [7, 11) is 0. The van der Waals surface area contributed by atoms with Crippen molar-refractivity contribution in [3.8, 4) is 0 Å². The summed E-state index contributed by atoms with van der Waals surface area (Å²) in [5.74, 6) is -3.15. The molecule has 1 unspecified atom stereocenters. The first-order valence-electron chi connectivity index (χ1n) is 6.81. The predicted octanol–water partition coefficient (Wildman–Crippen LogP) is 6.70. The molecule has 2 nitrogen and oxygen atoms in total. The van der Waals surface area contributed by atoms with Gasteiger partial charge in [-0.2, -0.15) is 13.2 Å². The van der Waals surface area contributed by atoms with Gasteiger partial charge in [-0.15, -0.1) is 0 Å². The number of allylic oxidation sites excluding steroid dienone is 1. The number of alkyl halides is 3. The second-order valence-electron chi connectivity index (χ2n) is 5.13. The third kappa shape index (κ3) is 5.14. The number of hydrogen-bond donors (Lipinski definition) is 1. The average Bonchev–Trinajstić information content (AvgIpc) is 2.44. The van der Waals surface area contributed by atoms with Crippen molar-refractivity contribution in [3.05, 3.63) is 74.2 Å². The Hall–Kier alpha value is -1.69. The smallest absolute Gasteiger partial charge is 0.399 e. The number of carboxylic acid groups (broad SMARTS) is 1. The van der Waals surface area contributed by atoms with Crippen molar-refractivity contribution >= 4 is 46.8 Å². The van der Waals surface area contributed by atoms with Crippen molar-refractivity contribution in [2.24, 2.45) is 0 Å². The van der Waals surface area contributed by atoms with Crippen LogP contribution in [0.25, 0.3) is 6.08 Å². The van der Waals surface area contributed by atoms with Gasteiger partial charge >= 0.3 is 12.1 Å². The lowest BCUT2D eigenvalue weighted by molar-refractivity contribution is -0.139. The summed E-state index contributed by atoms with van der Waals surface area (Å²) in [6.45, 7) is 0. The first kappa shape index (κ1) is 19.6. The number of halogens is 6. The maximum Gasteiger partial charge on any atom is 0.399 e. The Morgan fingerprint density at radius 2 is 1.64 bits per heavy atom. The highest BCUT2D eigenvalue weighted by Gasteiger charge is 2.39. The lowest BCUT2D eigenvalue weighted by Crippen LogP contribution is -2.18. The molecule has 0 spiro atoms. The van der Waals surface area contributed by atoms with Gasteiger partial charge < -0.3 is 5.11 Å². The van der Waals surface area contributed by atoms with Gasteiger partial charge in [-0.25, -0.2) is 4.79 Å². The summed E-state index contributed by atoms with van der Waals surface area (Å²) >= 11 is 17.4. The van der Waals surface area contributed by atoms with Crippen LogP contribution in [0.15, 0.2) is 42.5 Å². The van der Waals surface area contributed by atoms with Crippen molar-refractivity contribution < 1.29 is 23.1 Å². The lowest BCUT2D eigenvalue weighted by atomic mass is 9.97. The number of hydrogen-bond acceptors (Lipinski definition) is 1. The summed E-state index contributed by atoms with van der Waals surface area (Å²) in [5, 5.41) is 9.03. The minimum absolute atomic E-state index is 0.0657. The van der Waals surface area contributed by atoms with Gasteiger partial charge in [-0.1, -0.05) is 53.0 Å². The summed E-state index contributed by atoms with van der Waals surface area (Å²) in [5.41, 5.74) is 0.0969. The number of carboxylic acids is 1. The lowest BCUT2D eigenvalue weighted by Gasteiger charge is -2.18. The number of carbonyl (C=O) groups is 1. The molecule has 0 heterocycles. The van der Waals surface area contributed by atoms with E-state index >= 15 is 0 Å². The van der Waals surface area contributed by atoms with Crippen molar-refractivity contribution in [3.63, 3.8) is 0 Å². The van der Waals surface area contributed by atoms with Crippen LogP contribution in [-0.2, 0) is 0 Å². The Balaban J connectivity index is 2.39. The Bertz CT molecular complexity index is 812. The van der Waals surface area contributed by atoms with Crippen LogP contribution < -0.4 is 0 Å². The van der Waals surface area contributed by atoms with E-state index in [-0.39, 0.29) is 26.2 Å². The molecule has 2 rings (SSSR count). The minimum atomic E-state index is -4.56. The van der Waals surface area contributed by atoms with E-state index in [0.29, 0.717) is 5.56 Å². The van der Waals surface area contributed by atoms with Gasteiger partial charge in [0.15, 0.2) is 0 Å². The molecule has 0 aromatic heterocycles. The quantitative estimate of drug-likeness (QED) is 0.610. The van der Waals surface area contributed by atoms with Crippen LogP contribution in [0.2, 0.25) is 15.1 Å². The molecule has 2 aromatic carbocycles. The van der Waals surface area contributed by atoms with Crippen LogP contribution in [-0.4, -0.2) is 17.3 Å². The molecule has 0 bridgehead atoms. The average molecular weight is 410 g/mol. The third-order valence-corrected chi connectivity index (χ3v) is 4.05. The van der Waals surface area contributed by atoms with E-state index in [9.17, 15) is 18.0 Å². The first-order valence-corrected chi connectivity index (χ1v) is 7.95. The summed E-state index contributed by atoms with van der Waals surface area (Å²) in [6, 6.07) is 7.59. The zero-order chi connectivity index (χ0) is 18.8. The van der Waals surface area contributed by atoms with E-state index < -0.39 is 18.1 Å². The summed E-state index contributed by atoms with van der Waals surface area (Å²) < 4.78 is 40.1. The van der Waals surface area contributed by atoms with Crippen LogP contribution in [0.1, 0.15) is 27.4 Å². The van der Waals surface area contributed by atoms with Gasteiger partial charge in [0.25, 0.3) is 0 Å². The van der Waals surface area contributed by atoms with Crippen molar-refractivity contribution in [2.75, 3.05) is 0 Å². The number of aromatic carboxylic acids is 1. The highest BCUT2D eigenvalue weighted by Crippen LogP contribution is 2.38. The Morgan fingerprint density at radius 3 is 2.12 bits per heavy atom. The third-order valence-electron chi connectivity index (χ3n) is 3.30. The molecule has 0 aliphatic rings. The van der Waals surface area contributed by atoms with Gasteiger partial charge in [-0.05, 0) is 41.5 Å². The van der Waals surface area contributed by atoms with Crippen molar-refractivity contribution in [2.45, 2.75) is 12.1 Å². The molecular formula is C17H10Cl3F3O2. The fraction of sp³-hybridized carbons (Fsp3) is 0.118. The molecule has 132 valence electrons. The van der Waals surface area contributed by atoms with Gasteiger partial charge in [0, 0.05) is 10.0 Å². The van der Waals surface area contributed by atoms with E-state index in [1.54, 1.807) is 0 Å². The van der Waals surface area contributed by atoms with Crippen molar-refractivity contribution in [1.82, 2.24) is 0 Å². The van der Waals surface area contributed by atoms with Crippen LogP contribution in [0.5, 0.6) is 0 Å². The van der Waals surface area contributed by atoms with Gasteiger partial charge in [-0.3, -0.25) is 0 Å². The molecule has 1 N–H and O–H groups in total.